The van der Waals surface area contributed by atoms with Crippen LogP contribution in [0.4, 0.5) is 11.4 Å². The largest absolute Gasteiger partial charge is 0.462 e. The van der Waals surface area contributed by atoms with E-state index >= 15 is 0 Å². The molecule has 96 valence electrons. The molecule has 0 amide bonds. The number of hydrogen-bond acceptors (Lipinski definition) is 2. The molecule has 3 nitrogen and oxygen atoms in total. The molecule has 0 bridgehead atoms. The first-order chi connectivity index (χ1) is 9.34. The Labute approximate surface area is 113 Å². The number of ether oxygens (including phenoxy) is 1. The molecule has 1 saturated heterocycles. The maximum Gasteiger partial charge on any atom is 0.297 e. The van der Waals surface area contributed by atoms with Crippen LogP contribution >= 0.6 is 0 Å². The fraction of sp³-hybridized carbons (Fsp3) is 0.188. The highest BCUT2D eigenvalue weighted by Crippen LogP contribution is 2.24. The van der Waals surface area contributed by atoms with Crippen LogP contribution in [0.15, 0.2) is 65.7 Å². The molecule has 0 aromatic heterocycles. The molecule has 1 aliphatic rings. The molecule has 1 fully saturated rings. The zero-order valence-corrected chi connectivity index (χ0v) is 10.9. The van der Waals surface area contributed by atoms with Crippen LogP contribution in [0.1, 0.15) is 6.92 Å². The van der Waals surface area contributed by atoms with Crippen molar-refractivity contribution in [2.24, 2.45) is 4.99 Å². The fourth-order valence-electron chi connectivity index (χ4n) is 2.18. The van der Waals surface area contributed by atoms with Crippen LogP contribution < -0.4 is 4.90 Å². The Hall–Kier alpha value is -2.29. The summed E-state index contributed by atoms with van der Waals surface area (Å²) >= 11 is 0. The van der Waals surface area contributed by atoms with E-state index in [1.54, 1.807) is 0 Å². The summed E-state index contributed by atoms with van der Waals surface area (Å²) in [5.41, 5.74) is 2.02. The van der Waals surface area contributed by atoms with Gasteiger partial charge in [0.1, 0.15) is 6.61 Å². The molecule has 3 rings (SSSR count). The zero-order chi connectivity index (χ0) is 13.1. The van der Waals surface area contributed by atoms with Gasteiger partial charge in [-0.2, -0.15) is 4.99 Å². The summed E-state index contributed by atoms with van der Waals surface area (Å²) in [6.07, 6.45) is 0. The first kappa shape index (κ1) is 11.8. The average Bonchev–Trinajstić information content (AvgIpc) is 2.82. The molecular formula is C16H16N2O. The van der Waals surface area contributed by atoms with E-state index < -0.39 is 0 Å². The van der Waals surface area contributed by atoms with Gasteiger partial charge in [-0.25, -0.2) is 0 Å². The van der Waals surface area contributed by atoms with E-state index in [0.717, 1.165) is 11.4 Å². The number of aliphatic imine (C=N–C) groups is 1. The Morgan fingerprint density at radius 1 is 1.00 bits per heavy atom. The maximum absolute atomic E-state index is 5.71. The average molecular weight is 252 g/mol. The Balaban J connectivity index is 1.95. The molecular weight excluding hydrogens is 236 g/mol. The number of amidine groups is 1. The highest BCUT2D eigenvalue weighted by atomic mass is 16.5. The summed E-state index contributed by atoms with van der Waals surface area (Å²) in [5.74, 6) is 0. The third-order valence-corrected chi connectivity index (χ3v) is 3.12. The molecule has 0 aliphatic carbocycles. The minimum Gasteiger partial charge on any atom is -0.462 e. The van der Waals surface area contributed by atoms with Gasteiger partial charge in [-0.3, -0.25) is 4.90 Å². The van der Waals surface area contributed by atoms with Crippen LogP contribution in [0.25, 0.3) is 0 Å². The predicted molar refractivity (Wildman–Crippen MR) is 77.9 cm³/mol. The minimum atomic E-state index is 0.296. The van der Waals surface area contributed by atoms with Crippen molar-refractivity contribution in [3.63, 3.8) is 0 Å². The molecule has 3 heteroatoms. The van der Waals surface area contributed by atoms with Crippen LogP contribution in [0.2, 0.25) is 0 Å². The van der Waals surface area contributed by atoms with Crippen LogP contribution in [-0.4, -0.2) is 18.7 Å². The molecule has 0 saturated carbocycles. The van der Waals surface area contributed by atoms with E-state index in [1.807, 2.05) is 48.5 Å². The number of anilines is 1. The van der Waals surface area contributed by atoms with Gasteiger partial charge in [-0.1, -0.05) is 36.4 Å². The normalized spacial score (nSPS) is 20.6. The van der Waals surface area contributed by atoms with Crippen molar-refractivity contribution in [1.29, 1.82) is 0 Å². The zero-order valence-electron chi connectivity index (χ0n) is 10.9. The fourth-order valence-corrected chi connectivity index (χ4v) is 2.18. The Kier molecular flexibility index (Phi) is 3.19. The maximum atomic E-state index is 5.71. The lowest BCUT2D eigenvalue weighted by atomic mass is 10.2. The van der Waals surface area contributed by atoms with E-state index in [0.29, 0.717) is 18.7 Å². The lowest BCUT2D eigenvalue weighted by molar-refractivity contribution is 0.332. The summed E-state index contributed by atoms with van der Waals surface area (Å²) in [6.45, 7) is 2.81. The van der Waals surface area contributed by atoms with Crippen molar-refractivity contribution in [2.45, 2.75) is 13.0 Å². The van der Waals surface area contributed by atoms with E-state index in [4.69, 9.17) is 4.74 Å². The summed E-state index contributed by atoms with van der Waals surface area (Å²) in [6, 6.07) is 21.1. The molecule has 19 heavy (non-hydrogen) atoms. The third-order valence-electron chi connectivity index (χ3n) is 3.12. The van der Waals surface area contributed by atoms with Crippen LogP contribution in [0, 0.1) is 0 Å². The molecule has 1 atom stereocenters. The second-order valence-corrected chi connectivity index (χ2v) is 4.60. The first-order valence-electron chi connectivity index (χ1n) is 6.45. The number of rotatable bonds is 2. The molecule has 0 N–H and O–H groups in total. The quantitative estimate of drug-likeness (QED) is 0.815. The number of benzene rings is 2. The van der Waals surface area contributed by atoms with Gasteiger partial charge in [-0.05, 0) is 31.2 Å². The number of para-hydroxylation sites is 2. The monoisotopic (exact) mass is 252 g/mol. The van der Waals surface area contributed by atoms with Gasteiger partial charge >= 0.3 is 0 Å². The number of nitrogens with zero attached hydrogens (tertiary/aromatic N) is 2. The van der Waals surface area contributed by atoms with Crippen LogP contribution in [-0.2, 0) is 4.74 Å². The molecule has 0 spiro atoms. The summed E-state index contributed by atoms with van der Waals surface area (Å²) in [7, 11) is 0. The lowest BCUT2D eigenvalue weighted by Gasteiger charge is -2.20. The third kappa shape index (κ3) is 2.45. The van der Waals surface area contributed by atoms with Crippen molar-refractivity contribution in [3.8, 4) is 0 Å². The highest BCUT2D eigenvalue weighted by molar-refractivity contribution is 5.95. The summed E-state index contributed by atoms with van der Waals surface area (Å²) < 4.78 is 5.71. The van der Waals surface area contributed by atoms with E-state index in [1.165, 1.54) is 0 Å². The van der Waals surface area contributed by atoms with Crippen molar-refractivity contribution >= 4 is 17.4 Å². The number of hydrogen-bond donors (Lipinski definition) is 0. The molecule has 0 radical (unpaired) electrons. The van der Waals surface area contributed by atoms with Gasteiger partial charge in [0.2, 0.25) is 0 Å². The molecule has 1 unspecified atom stereocenters. The smallest absolute Gasteiger partial charge is 0.297 e. The Bertz CT molecular complexity index is 566. The van der Waals surface area contributed by atoms with Gasteiger partial charge in [0, 0.05) is 5.69 Å². The van der Waals surface area contributed by atoms with Gasteiger partial charge in [-0.15, -0.1) is 0 Å². The van der Waals surface area contributed by atoms with Crippen LogP contribution in [0.5, 0.6) is 0 Å². The molecule has 2 aromatic carbocycles. The van der Waals surface area contributed by atoms with Crippen molar-refractivity contribution in [1.82, 2.24) is 0 Å². The summed E-state index contributed by atoms with van der Waals surface area (Å²) in [5, 5.41) is 0. The highest BCUT2D eigenvalue weighted by Gasteiger charge is 2.29. The minimum absolute atomic E-state index is 0.296. The topological polar surface area (TPSA) is 24.8 Å². The van der Waals surface area contributed by atoms with Crippen LogP contribution in [0.3, 0.4) is 0 Å². The van der Waals surface area contributed by atoms with E-state index in [2.05, 4.69) is 28.9 Å². The van der Waals surface area contributed by atoms with Gasteiger partial charge < -0.3 is 4.74 Å². The molecule has 1 heterocycles. The first-order valence-corrected chi connectivity index (χ1v) is 6.45. The molecule has 2 aromatic rings. The van der Waals surface area contributed by atoms with Gasteiger partial charge in [0.25, 0.3) is 6.02 Å². The van der Waals surface area contributed by atoms with Crippen molar-refractivity contribution in [2.75, 3.05) is 11.5 Å². The summed E-state index contributed by atoms with van der Waals surface area (Å²) in [4.78, 5) is 6.72. The SMILES string of the molecule is CC1COC(=Nc2ccccc2)N1c1ccccc1. The van der Waals surface area contributed by atoms with Gasteiger partial charge in [0.15, 0.2) is 0 Å². The predicted octanol–water partition coefficient (Wildman–Crippen LogP) is 3.60. The Morgan fingerprint density at radius 2 is 1.63 bits per heavy atom. The van der Waals surface area contributed by atoms with Crippen molar-refractivity contribution in [3.05, 3.63) is 60.7 Å². The second-order valence-electron chi connectivity index (χ2n) is 4.60. The molecule has 1 aliphatic heterocycles. The Morgan fingerprint density at radius 3 is 2.32 bits per heavy atom. The van der Waals surface area contributed by atoms with Gasteiger partial charge in [0.05, 0.1) is 11.7 Å². The second kappa shape index (κ2) is 5.14. The standard InChI is InChI=1S/C16H16N2O/c1-13-12-19-16(17-14-8-4-2-5-9-14)18(13)15-10-6-3-7-11-15/h2-11,13H,12H2,1H3. The van der Waals surface area contributed by atoms with E-state index in [9.17, 15) is 0 Å². The van der Waals surface area contributed by atoms with E-state index in [-0.39, 0.29) is 0 Å². The lowest BCUT2D eigenvalue weighted by Crippen LogP contribution is -2.31. The van der Waals surface area contributed by atoms with Crippen molar-refractivity contribution < 1.29 is 4.74 Å².